The Morgan fingerprint density at radius 1 is 1.17 bits per heavy atom. The molecule has 24 heavy (non-hydrogen) atoms. The molecule has 130 valence electrons. The summed E-state index contributed by atoms with van der Waals surface area (Å²) in [5.41, 5.74) is 2.62. The summed E-state index contributed by atoms with van der Waals surface area (Å²) < 4.78 is 0. The van der Waals surface area contributed by atoms with E-state index in [1.165, 1.54) is 40.4 Å². The first-order valence-corrected chi connectivity index (χ1v) is 9.90. The average molecular weight is 345 g/mol. The maximum absolute atomic E-state index is 9.84. The van der Waals surface area contributed by atoms with Gasteiger partial charge in [0.2, 0.25) is 0 Å². The van der Waals surface area contributed by atoms with Gasteiger partial charge in [-0.25, -0.2) is 4.98 Å². The Labute approximate surface area is 149 Å². The first-order valence-electron chi connectivity index (χ1n) is 9.08. The van der Waals surface area contributed by atoms with E-state index in [9.17, 15) is 5.11 Å². The van der Waals surface area contributed by atoms with Gasteiger partial charge in [0, 0.05) is 11.4 Å². The Bertz CT molecular complexity index is 615. The number of hydrogen-bond donors (Lipinski definition) is 2. The lowest BCUT2D eigenvalue weighted by Crippen LogP contribution is -2.26. The highest BCUT2D eigenvalue weighted by Crippen LogP contribution is 2.30. The van der Waals surface area contributed by atoms with Crippen molar-refractivity contribution in [3.05, 3.63) is 51.5 Å². The Hall–Kier alpha value is -1.23. The Morgan fingerprint density at radius 3 is 2.62 bits per heavy atom. The Balaban J connectivity index is 1.64. The van der Waals surface area contributed by atoms with Crippen LogP contribution in [0.2, 0.25) is 0 Å². The third-order valence-electron chi connectivity index (χ3n) is 4.80. The second-order valence-corrected chi connectivity index (χ2v) is 8.07. The van der Waals surface area contributed by atoms with Crippen LogP contribution in [0.25, 0.3) is 0 Å². The second-order valence-electron chi connectivity index (χ2n) is 6.95. The van der Waals surface area contributed by atoms with Gasteiger partial charge in [0.1, 0.15) is 5.01 Å². The summed E-state index contributed by atoms with van der Waals surface area (Å²) in [6, 6.07) is 10.8. The number of benzene rings is 1. The standard InChI is InChI=1S/C20H28N2OS/c1-14(23)12-17(16-8-4-3-5-9-16)13-21-15(2)20-22-18-10-6-7-11-19(18)24-20/h3-5,8-9,14-15,17,21,23H,6-7,10-13H2,1-2H3. The monoisotopic (exact) mass is 344 g/mol. The van der Waals surface area contributed by atoms with Crippen molar-refractivity contribution >= 4 is 11.3 Å². The SMILES string of the molecule is CC(O)CC(CNC(C)c1nc2c(s1)CCCC2)c1ccccc1. The van der Waals surface area contributed by atoms with Crippen molar-refractivity contribution in [2.24, 2.45) is 0 Å². The van der Waals surface area contributed by atoms with Gasteiger partial charge in [-0.1, -0.05) is 30.3 Å². The number of aryl methyl sites for hydroxylation is 2. The molecule has 1 aliphatic rings. The number of aromatic nitrogens is 1. The molecule has 3 nitrogen and oxygen atoms in total. The largest absolute Gasteiger partial charge is 0.393 e. The first-order chi connectivity index (χ1) is 11.6. The lowest BCUT2D eigenvalue weighted by atomic mass is 9.93. The minimum absolute atomic E-state index is 0.265. The zero-order valence-electron chi connectivity index (χ0n) is 14.7. The van der Waals surface area contributed by atoms with E-state index in [1.54, 1.807) is 0 Å². The molecule has 0 spiro atoms. The zero-order valence-corrected chi connectivity index (χ0v) is 15.5. The molecule has 0 fully saturated rings. The van der Waals surface area contributed by atoms with Crippen molar-refractivity contribution in [2.75, 3.05) is 6.54 Å². The second kappa shape index (κ2) is 8.24. The fraction of sp³-hybridized carbons (Fsp3) is 0.550. The number of hydrogen-bond acceptors (Lipinski definition) is 4. The summed E-state index contributed by atoms with van der Waals surface area (Å²) in [5, 5.41) is 14.7. The molecule has 3 atom stereocenters. The molecule has 0 saturated heterocycles. The topological polar surface area (TPSA) is 45.1 Å². The normalized spacial score (nSPS) is 18.0. The van der Waals surface area contributed by atoms with Gasteiger partial charge in [0.25, 0.3) is 0 Å². The number of aliphatic hydroxyl groups is 1. The van der Waals surface area contributed by atoms with Crippen molar-refractivity contribution in [1.29, 1.82) is 0 Å². The van der Waals surface area contributed by atoms with Crippen molar-refractivity contribution < 1.29 is 5.11 Å². The third kappa shape index (κ3) is 4.44. The van der Waals surface area contributed by atoms with E-state index in [-0.39, 0.29) is 12.1 Å². The van der Waals surface area contributed by atoms with Gasteiger partial charge >= 0.3 is 0 Å². The van der Waals surface area contributed by atoms with Crippen LogP contribution in [-0.2, 0) is 12.8 Å². The summed E-state index contributed by atoms with van der Waals surface area (Å²) in [4.78, 5) is 6.36. The number of rotatable bonds is 7. The molecule has 0 saturated carbocycles. The fourth-order valence-corrected chi connectivity index (χ4v) is 4.62. The molecule has 0 bridgehead atoms. The molecule has 1 aliphatic carbocycles. The van der Waals surface area contributed by atoms with Crippen LogP contribution in [0.5, 0.6) is 0 Å². The van der Waals surface area contributed by atoms with Gasteiger partial charge in [-0.2, -0.15) is 0 Å². The lowest BCUT2D eigenvalue weighted by Gasteiger charge is -2.21. The van der Waals surface area contributed by atoms with Crippen LogP contribution in [0.3, 0.4) is 0 Å². The molecule has 2 aromatic rings. The smallest absolute Gasteiger partial charge is 0.110 e. The molecule has 1 aromatic heterocycles. The lowest BCUT2D eigenvalue weighted by molar-refractivity contribution is 0.173. The van der Waals surface area contributed by atoms with E-state index in [0.717, 1.165) is 19.4 Å². The molecule has 0 amide bonds. The third-order valence-corrected chi connectivity index (χ3v) is 6.14. The van der Waals surface area contributed by atoms with E-state index in [2.05, 4.69) is 36.5 Å². The van der Waals surface area contributed by atoms with Crippen molar-refractivity contribution in [1.82, 2.24) is 10.3 Å². The van der Waals surface area contributed by atoms with Crippen molar-refractivity contribution in [3.8, 4) is 0 Å². The van der Waals surface area contributed by atoms with E-state index in [0.29, 0.717) is 5.92 Å². The fourth-order valence-electron chi connectivity index (χ4n) is 3.44. The summed E-state index contributed by atoms with van der Waals surface area (Å²) >= 11 is 1.88. The van der Waals surface area contributed by atoms with Gasteiger partial charge in [-0.3, -0.25) is 0 Å². The van der Waals surface area contributed by atoms with Gasteiger partial charge in [0.15, 0.2) is 0 Å². The van der Waals surface area contributed by atoms with Crippen LogP contribution >= 0.6 is 11.3 Å². The van der Waals surface area contributed by atoms with Crippen LogP contribution in [0.15, 0.2) is 30.3 Å². The van der Waals surface area contributed by atoms with Gasteiger partial charge in [-0.05, 0) is 57.4 Å². The van der Waals surface area contributed by atoms with Gasteiger partial charge < -0.3 is 10.4 Å². The summed E-state index contributed by atoms with van der Waals surface area (Å²) in [6.45, 7) is 4.93. The Morgan fingerprint density at radius 2 is 1.92 bits per heavy atom. The van der Waals surface area contributed by atoms with E-state index in [4.69, 9.17) is 4.98 Å². The molecule has 3 rings (SSSR count). The summed E-state index contributed by atoms with van der Waals surface area (Å²) in [6.07, 6.45) is 5.42. The van der Waals surface area contributed by atoms with Crippen LogP contribution in [0.4, 0.5) is 0 Å². The van der Waals surface area contributed by atoms with E-state index < -0.39 is 0 Å². The highest BCUT2D eigenvalue weighted by molar-refractivity contribution is 7.11. The molecular formula is C20H28N2OS. The maximum atomic E-state index is 9.84. The average Bonchev–Trinajstić information content (AvgIpc) is 3.03. The van der Waals surface area contributed by atoms with E-state index in [1.807, 2.05) is 24.3 Å². The van der Waals surface area contributed by atoms with Crippen LogP contribution in [0.1, 0.15) is 66.2 Å². The van der Waals surface area contributed by atoms with Gasteiger partial charge in [-0.15, -0.1) is 11.3 Å². The van der Waals surface area contributed by atoms with Crippen molar-refractivity contribution in [2.45, 2.75) is 64.0 Å². The number of nitrogens with one attached hydrogen (secondary N) is 1. The molecule has 4 heteroatoms. The van der Waals surface area contributed by atoms with E-state index >= 15 is 0 Å². The predicted molar refractivity (Wildman–Crippen MR) is 101 cm³/mol. The molecule has 3 unspecified atom stereocenters. The quantitative estimate of drug-likeness (QED) is 0.790. The number of fused-ring (bicyclic) bond motifs is 1. The minimum atomic E-state index is -0.292. The highest BCUT2D eigenvalue weighted by atomic mass is 32.1. The highest BCUT2D eigenvalue weighted by Gasteiger charge is 2.20. The maximum Gasteiger partial charge on any atom is 0.110 e. The van der Waals surface area contributed by atoms with Crippen LogP contribution in [-0.4, -0.2) is 22.7 Å². The van der Waals surface area contributed by atoms with Gasteiger partial charge in [0.05, 0.1) is 17.8 Å². The molecule has 1 aromatic carbocycles. The summed E-state index contributed by atoms with van der Waals surface area (Å²) in [7, 11) is 0. The van der Waals surface area contributed by atoms with Crippen molar-refractivity contribution in [3.63, 3.8) is 0 Å². The number of nitrogens with zero attached hydrogens (tertiary/aromatic N) is 1. The first kappa shape index (κ1) is 17.6. The molecule has 0 radical (unpaired) electrons. The zero-order chi connectivity index (χ0) is 16.9. The number of thiazole rings is 1. The molecular weight excluding hydrogens is 316 g/mol. The predicted octanol–water partition coefficient (Wildman–Crippen LogP) is 4.23. The molecule has 0 aliphatic heterocycles. The summed E-state index contributed by atoms with van der Waals surface area (Å²) in [5.74, 6) is 0.322. The number of aliphatic hydroxyl groups excluding tert-OH is 1. The van der Waals surface area contributed by atoms with Crippen LogP contribution < -0.4 is 5.32 Å². The minimum Gasteiger partial charge on any atom is -0.393 e. The Kier molecular flexibility index (Phi) is 6.04. The molecule has 1 heterocycles. The van der Waals surface area contributed by atoms with Crippen LogP contribution in [0, 0.1) is 0 Å². The molecule has 2 N–H and O–H groups in total.